The molecule has 196 valence electrons. The minimum atomic E-state index is -3.74. The minimum Gasteiger partial charge on any atom is -0.394 e. The number of aliphatic hydroxyl groups excluding tert-OH is 1. The van der Waals surface area contributed by atoms with Gasteiger partial charge in [0.1, 0.15) is 6.04 Å². The molecular formula is C25H28ClN5O4S2. The molecule has 2 aromatic carbocycles. The molecule has 2 aromatic heterocycles. The second-order valence-electron chi connectivity index (χ2n) is 8.85. The van der Waals surface area contributed by atoms with Gasteiger partial charge in [-0.3, -0.25) is 9.52 Å². The monoisotopic (exact) mass is 561 g/mol. The van der Waals surface area contributed by atoms with Gasteiger partial charge in [-0.15, -0.1) is 11.3 Å². The van der Waals surface area contributed by atoms with Crippen molar-refractivity contribution >= 4 is 60.6 Å². The average Bonchev–Trinajstić information content (AvgIpc) is 3.57. The van der Waals surface area contributed by atoms with Crippen LogP contribution in [0.2, 0.25) is 5.02 Å². The number of carbonyl (C=O) groups excluding carboxylic acids is 1. The molecular weight excluding hydrogens is 534 g/mol. The quantitative estimate of drug-likeness (QED) is 0.352. The standard InChI is InChI=1S/C25H26ClN5O4S2.H2/c1-17(30-10-8-18-2-3-19(26)14-23(18)30)24(33)31-12-11-29(15-21(31)16-32)20-4-6-22(7-5-20)37(34,35)28-25-27-9-13-36-25;/h2-10,13-14,17,21,32H,11-12,15-16H2,1H3,(H,27,28);1H/t17-,21-;/m0./s1. The van der Waals surface area contributed by atoms with Crippen molar-refractivity contribution in [2.75, 3.05) is 35.9 Å². The lowest BCUT2D eigenvalue weighted by atomic mass is 10.1. The number of thiazole rings is 1. The molecule has 9 nitrogen and oxygen atoms in total. The molecule has 4 aromatic rings. The fourth-order valence-electron chi connectivity index (χ4n) is 4.64. The SMILES string of the molecule is C[C@@H](C(=O)N1CCN(c2ccc(S(=O)(=O)Nc3nccs3)cc2)C[C@H]1CO)n1ccc2ccc(Cl)cc21.[HH]. The van der Waals surface area contributed by atoms with Crippen LogP contribution in [0.15, 0.2) is 71.2 Å². The Labute approximate surface area is 225 Å². The first-order valence-corrected chi connectivity index (χ1v) is 14.5. The highest BCUT2D eigenvalue weighted by Gasteiger charge is 2.33. The minimum absolute atomic E-state index is 0. The molecule has 1 aliphatic heterocycles. The van der Waals surface area contributed by atoms with Gasteiger partial charge in [0, 0.05) is 49.5 Å². The van der Waals surface area contributed by atoms with E-state index < -0.39 is 22.1 Å². The van der Waals surface area contributed by atoms with Crippen LogP contribution in [0, 0.1) is 0 Å². The highest BCUT2D eigenvalue weighted by Crippen LogP contribution is 2.27. The number of anilines is 2. The van der Waals surface area contributed by atoms with E-state index in [9.17, 15) is 18.3 Å². The van der Waals surface area contributed by atoms with E-state index in [0.29, 0.717) is 29.8 Å². The number of amides is 1. The summed E-state index contributed by atoms with van der Waals surface area (Å²) in [6.07, 6.45) is 3.41. The van der Waals surface area contributed by atoms with Gasteiger partial charge in [-0.1, -0.05) is 17.7 Å². The fourth-order valence-corrected chi connectivity index (χ4v) is 6.59. The average molecular weight is 562 g/mol. The van der Waals surface area contributed by atoms with Crippen molar-refractivity contribution in [1.82, 2.24) is 14.5 Å². The number of aliphatic hydroxyl groups is 1. The second kappa shape index (κ2) is 10.3. The summed E-state index contributed by atoms with van der Waals surface area (Å²) in [7, 11) is -3.74. The number of sulfonamides is 1. The van der Waals surface area contributed by atoms with Crippen molar-refractivity contribution in [1.29, 1.82) is 0 Å². The summed E-state index contributed by atoms with van der Waals surface area (Å²) >= 11 is 7.38. The second-order valence-corrected chi connectivity index (χ2v) is 11.9. The van der Waals surface area contributed by atoms with Gasteiger partial charge in [0.2, 0.25) is 5.91 Å². The van der Waals surface area contributed by atoms with Gasteiger partial charge < -0.3 is 19.5 Å². The van der Waals surface area contributed by atoms with Crippen LogP contribution in [0.1, 0.15) is 14.4 Å². The van der Waals surface area contributed by atoms with Crippen LogP contribution in [0.4, 0.5) is 10.8 Å². The molecule has 37 heavy (non-hydrogen) atoms. The molecule has 5 rings (SSSR count). The van der Waals surface area contributed by atoms with Crippen LogP contribution in [-0.2, 0) is 14.8 Å². The molecule has 0 aliphatic carbocycles. The smallest absolute Gasteiger partial charge is 0.263 e. The number of rotatable bonds is 7. The Morgan fingerprint density at radius 3 is 2.73 bits per heavy atom. The lowest BCUT2D eigenvalue weighted by Gasteiger charge is -2.42. The number of benzene rings is 2. The number of aromatic nitrogens is 2. The van der Waals surface area contributed by atoms with Gasteiger partial charge in [-0.25, -0.2) is 13.4 Å². The van der Waals surface area contributed by atoms with E-state index in [0.717, 1.165) is 16.6 Å². The topological polar surface area (TPSA) is 108 Å². The van der Waals surface area contributed by atoms with E-state index in [-0.39, 0.29) is 18.8 Å². The van der Waals surface area contributed by atoms with Crippen LogP contribution >= 0.6 is 22.9 Å². The lowest BCUT2D eigenvalue weighted by Crippen LogP contribution is -2.57. The van der Waals surface area contributed by atoms with Crippen LogP contribution in [0.3, 0.4) is 0 Å². The van der Waals surface area contributed by atoms with Gasteiger partial charge in [0.25, 0.3) is 10.0 Å². The van der Waals surface area contributed by atoms with E-state index in [4.69, 9.17) is 11.6 Å². The molecule has 12 heteroatoms. The van der Waals surface area contributed by atoms with Gasteiger partial charge in [0.05, 0.1) is 23.1 Å². The van der Waals surface area contributed by atoms with E-state index in [2.05, 4.69) is 9.71 Å². The largest absolute Gasteiger partial charge is 0.394 e. The van der Waals surface area contributed by atoms with Gasteiger partial charge >= 0.3 is 0 Å². The Morgan fingerprint density at radius 2 is 2.03 bits per heavy atom. The molecule has 0 unspecified atom stereocenters. The van der Waals surface area contributed by atoms with Crippen molar-refractivity contribution in [3.05, 3.63) is 71.3 Å². The Morgan fingerprint density at radius 1 is 1.24 bits per heavy atom. The Hall–Kier alpha value is -3.12. The molecule has 2 N–H and O–H groups in total. The first-order chi connectivity index (χ1) is 17.8. The number of hydrogen-bond donors (Lipinski definition) is 2. The molecule has 3 heterocycles. The number of carbonyl (C=O) groups is 1. The zero-order valence-electron chi connectivity index (χ0n) is 20.0. The van der Waals surface area contributed by atoms with E-state index in [1.54, 1.807) is 34.5 Å². The molecule has 1 saturated heterocycles. The first-order valence-electron chi connectivity index (χ1n) is 11.7. The molecule has 1 amide bonds. The number of fused-ring (bicyclic) bond motifs is 1. The van der Waals surface area contributed by atoms with Crippen molar-refractivity contribution in [3.63, 3.8) is 0 Å². The summed E-state index contributed by atoms with van der Waals surface area (Å²) in [6, 6.07) is 13.2. The highest BCUT2D eigenvalue weighted by atomic mass is 35.5. The molecule has 0 spiro atoms. The Kier molecular flexibility index (Phi) is 7.13. The summed E-state index contributed by atoms with van der Waals surface area (Å²) in [4.78, 5) is 21.4. The highest BCUT2D eigenvalue weighted by molar-refractivity contribution is 7.93. The Bertz CT molecular complexity index is 1510. The number of hydrogen-bond acceptors (Lipinski definition) is 7. The maximum Gasteiger partial charge on any atom is 0.263 e. The zero-order valence-corrected chi connectivity index (χ0v) is 22.4. The van der Waals surface area contributed by atoms with Crippen molar-refractivity contribution in [2.24, 2.45) is 0 Å². The number of halogens is 1. The number of nitrogens with one attached hydrogen (secondary N) is 1. The maximum atomic E-state index is 13.5. The maximum absolute atomic E-state index is 13.5. The normalized spacial score (nSPS) is 17.2. The number of nitrogens with zero attached hydrogens (tertiary/aromatic N) is 4. The summed E-state index contributed by atoms with van der Waals surface area (Å²) in [5.41, 5.74) is 1.70. The van der Waals surface area contributed by atoms with Crippen LogP contribution < -0.4 is 9.62 Å². The third kappa shape index (κ3) is 5.17. The molecule has 0 bridgehead atoms. The summed E-state index contributed by atoms with van der Waals surface area (Å²) in [6.45, 7) is 3.08. The van der Waals surface area contributed by atoms with Gasteiger partial charge in [-0.2, -0.15) is 0 Å². The lowest BCUT2D eigenvalue weighted by molar-refractivity contribution is -0.138. The summed E-state index contributed by atoms with van der Waals surface area (Å²) in [5.74, 6) is -0.0779. The van der Waals surface area contributed by atoms with Crippen LogP contribution in [0.5, 0.6) is 0 Å². The third-order valence-electron chi connectivity index (χ3n) is 6.60. The van der Waals surface area contributed by atoms with E-state index in [1.165, 1.54) is 17.5 Å². The number of piperazine rings is 1. The van der Waals surface area contributed by atoms with Crippen molar-refractivity contribution in [3.8, 4) is 0 Å². The third-order valence-corrected chi connectivity index (χ3v) is 9.01. The molecule has 0 saturated carbocycles. The fraction of sp³-hybridized carbons (Fsp3) is 0.280. The molecule has 2 atom stereocenters. The van der Waals surface area contributed by atoms with Gasteiger partial charge in [-0.05, 0) is 54.8 Å². The zero-order chi connectivity index (χ0) is 26.2. The van der Waals surface area contributed by atoms with E-state index in [1.807, 2.05) is 46.9 Å². The van der Waals surface area contributed by atoms with Crippen LogP contribution in [0.25, 0.3) is 10.9 Å². The summed E-state index contributed by atoms with van der Waals surface area (Å²) in [5, 5.41) is 13.7. The predicted octanol–water partition coefficient (Wildman–Crippen LogP) is 4.07. The van der Waals surface area contributed by atoms with Crippen LogP contribution in [-0.4, -0.2) is 66.2 Å². The van der Waals surface area contributed by atoms with E-state index >= 15 is 0 Å². The van der Waals surface area contributed by atoms with Crippen molar-refractivity contribution in [2.45, 2.75) is 23.9 Å². The van der Waals surface area contributed by atoms with Crippen molar-refractivity contribution < 1.29 is 19.7 Å². The van der Waals surface area contributed by atoms with Gasteiger partial charge in [0.15, 0.2) is 5.13 Å². The molecule has 1 aliphatic rings. The predicted molar refractivity (Wildman–Crippen MR) is 148 cm³/mol. The first kappa shape index (κ1) is 25.5. The Balaban J connectivity index is 0.00000336. The molecule has 1 fully saturated rings. The summed E-state index contributed by atoms with van der Waals surface area (Å²) < 4.78 is 29.6. The molecule has 0 radical (unpaired) electrons.